The lowest BCUT2D eigenvalue weighted by Crippen LogP contribution is -2.32. The van der Waals surface area contributed by atoms with Gasteiger partial charge in [-0.1, -0.05) is 40.2 Å². The molecule has 0 saturated carbocycles. The molecule has 0 radical (unpaired) electrons. The van der Waals surface area contributed by atoms with Gasteiger partial charge >= 0.3 is 0 Å². The van der Waals surface area contributed by atoms with Crippen LogP contribution in [0.2, 0.25) is 0 Å². The molecular weight excluding hydrogens is 334 g/mol. The third-order valence-corrected chi connectivity index (χ3v) is 3.10. The number of nitrogens with one attached hydrogen (secondary N) is 1. The zero-order valence-corrected chi connectivity index (χ0v) is 13.0. The summed E-state index contributed by atoms with van der Waals surface area (Å²) in [5.74, 6) is 1.27. The summed E-state index contributed by atoms with van der Waals surface area (Å²) in [6.07, 6.45) is 0. The third kappa shape index (κ3) is 5.87. The molecule has 0 fully saturated rings. The Kier molecular flexibility index (Phi) is 6.09. The summed E-state index contributed by atoms with van der Waals surface area (Å²) in [4.78, 5) is 11.6. The first-order valence-corrected chi connectivity index (χ1v) is 7.36. The molecule has 0 aliphatic heterocycles. The summed E-state index contributed by atoms with van der Waals surface area (Å²) < 4.78 is 11.8. The Morgan fingerprint density at radius 3 is 2.52 bits per heavy atom. The zero-order chi connectivity index (χ0) is 14.9. The maximum atomic E-state index is 11.6. The van der Waals surface area contributed by atoms with Crippen LogP contribution in [0.1, 0.15) is 0 Å². The van der Waals surface area contributed by atoms with Crippen molar-refractivity contribution < 1.29 is 14.3 Å². The van der Waals surface area contributed by atoms with E-state index in [2.05, 4.69) is 21.2 Å². The number of para-hydroxylation sites is 1. The number of carbonyl (C=O) groups is 1. The van der Waals surface area contributed by atoms with Gasteiger partial charge in [-0.2, -0.15) is 0 Å². The lowest BCUT2D eigenvalue weighted by Gasteiger charge is -2.09. The monoisotopic (exact) mass is 349 g/mol. The fraction of sp³-hybridized carbons (Fsp3) is 0.188. The Hall–Kier alpha value is -2.01. The Balaban J connectivity index is 1.61. The topological polar surface area (TPSA) is 47.6 Å². The summed E-state index contributed by atoms with van der Waals surface area (Å²) in [5.41, 5.74) is 0. The van der Waals surface area contributed by atoms with Gasteiger partial charge in [0.15, 0.2) is 6.61 Å². The van der Waals surface area contributed by atoms with Crippen molar-refractivity contribution in [2.24, 2.45) is 0 Å². The van der Waals surface area contributed by atoms with E-state index in [1.165, 1.54) is 0 Å². The van der Waals surface area contributed by atoms with Gasteiger partial charge in [-0.05, 0) is 30.3 Å². The molecule has 4 nitrogen and oxygen atoms in total. The van der Waals surface area contributed by atoms with E-state index in [4.69, 9.17) is 9.47 Å². The first-order chi connectivity index (χ1) is 10.2. The molecular formula is C16H16BrNO3. The van der Waals surface area contributed by atoms with Gasteiger partial charge in [0.1, 0.15) is 18.1 Å². The number of hydrogen-bond acceptors (Lipinski definition) is 3. The molecule has 0 bridgehead atoms. The average molecular weight is 350 g/mol. The van der Waals surface area contributed by atoms with Crippen LogP contribution in [-0.2, 0) is 4.79 Å². The van der Waals surface area contributed by atoms with E-state index < -0.39 is 0 Å². The third-order valence-electron chi connectivity index (χ3n) is 2.60. The van der Waals surface area contributed by atoms with E-state index in [9.17, 15) is 4.79 Å². The van der Waals surface area contributed by atoms with Crippen molar-refractivity contribution in [3.63, 3.8) is 0 Å². The minimum Gasteiger partial charge on any atom is -0.492 e. The number of amides is 1. The van der Waals surface area contributed by atoms with Crippen molar-refractivity contribution in [2.75, 3.05) is 19.8 Å². The van der Waals surface area contributed by atoms with Crippen LogP contribution in [0, 0.1) is 0 Å². The van der Waals surface area contributed by atoms with Crippen LogP contribution in [0.25, 0.3) is 0 Å². The molecule has 21 heavy (non-hydrogen) atoms. The lowest BCUT2D eigenvalue weighted by atomic mass is 10.3. The molecule has 0 unspecified atom stereocenters. The normalized spacial score (nSPS) is 9.95. The number of benzene rings is 2. The fourth-order valence-electron chi connectivity index (χ4n) is 1.63. The van der Waals surface area contributed by atoms with Crippen molar-refractivity contribution >= 4 is 21.8 Å². The van der Waals surface area contributed by atoms with Crippen LogP contribution in [0.3, 0.4) is 0 Å². The van der Waals surface area contributed by atoms with Gasteiger partial charge in [-0.25, -0.2) is 0 Å². The number of rotatable bonds is 7. The van der Waals surface area contributed by atoms with Crippen LogP contribution in [0.4, 0.5) is 0 Å². The first-order valence-electron chi connectivity index (χ1n) is 6.57. The van der Waals surface area contributed by atoms with Gasteiger partial charge in [0.05, 0.1) is 6.54 Å². The highest BCUT2D eigenvalue weighted by atomic mass is 79.9. The quantitative estimate of drug-likeness (QED) is 0.781. The molecule has 0 atom stereocenters. The molecule has 1 amide bonds. The molecule has 1 N–H and O–H groups in total. The van der Waals surface area contributed by atoms with Gasteiger partial charge in [-0.3, -0.25) is 4.79 Å². The number of hydrogen-bond donors (Lipinski definition) is 1. The van der Waals surface area contributed by atoms with Crippen LogP contribution in [-0.4, -0.2) is 25.7 Å². The van der Waals surface area contributed by atoms with Gasteiger partial charge in [-0.15, -0.1) is 0 Å². The SMILES string of the molecule is O=C(COc1ccccc1)NCCOc1cccc(Br)c1. The minimum absolute atomic E-state index is 0.000891. The number of ether oxygens (including phenoxy) is 2. The van der Waals surface area contributed by atoms with Gasteiger partial charge in [0.2, 0.25) is 0 Å². The highest BCUT2D eigenvalue weighted by Gasteiger charge is 2.02. The summed E-state index contributed by atoms with van der Waals surface area (Å²) in [6, 6.07) is 16.8. The molecule has 0 aliphatic carbocycles. The molecule has 2 aromatic rings. The summed E-state index contributed by atoms with van der Waals surface area (Å²) in [7, 11) is 0. The molecule has 0 saturated heterocycles. The molecule has 0 aliphatic rings. The second-order valence-corrected chi connectivity index (χ2v) is 5.17. The van der Waals surface area contributed by atoms with Crippen molar-refractivity contribution in [1.82, 2.24) is 5.32 Å². The Bertz CT molecular complexity index is 575. The fourth-order valence-corrected chi connectivity index (χ4v) is 2.01. The summed E-state index contributed by atoms with van der Waals surface area (Å²) in [5, 5.41) is 2.74. The van der Waals surface area contributed by atoms with E-state index in [0.29, 0.717) is 18.9 Å². The van der Waals surface area contributed by atoms with Crippen molar-refractivity contribution in [1.29, 1.82) is 0 Å². The van der Waals surface area contributed by atoms with Crippen molar-refractivity contribution in [2.45, 2.75) is 0 Å². The standard InChI is InChI=1S/C16H16BrNO3/c17-13-5-4-8-15(11-13)20-10-9-18-16(19)12-21-14-6-2-1-3-7-14/h1-8,11H,9-10,12H2,(H,18,19). The highest BCUT2D eigenvalue weighted by molar-refractivity contribution is 9.10. The Labute approximate surface area is 132 Å². The molecule has 2 rings (SSSR count). The van der Waals surface area contributed by atoms with E-state index in [1.54, 1.807) is 0 Å². The second-order valence-electron chi connectivity index (χ2n) is 4.26. The molecule has 0 heterocycles. The molecule has 5 heteroatoms. The van der Waals surface area contributed by atoms with Crippen LogP contribution in [0.5, 0.6) is 11.5 Å². The van der Waals surface area contributed by atoms with Gasteiger partial charge in [0, 0.05) is 4.47 Å². The predicted molar refractivity (Wildman–Crippen MR) is 84.6 cm³/mol. The first kappa shape index (κ1) is 15.4. The summed E-state index contributed by atoms with van der Waals surface area (Å²) >= 11 is 3.37. The van der Waals surface area contributed by atoms with Gasteiger partial charge in [0.25, 0.3) is 5.91 Å². The smallest absolute Gasteiger partial charge is 0.258 e. The largest absolute Gasteiger partial charge is 0.492 e. The van der Waals surface area contributed by atoms with E-state index in [0.717, 1.165) is 10.2 Å². The maximum absolute atomic E-state index is 11.6. The number of halogens is 1. The van der Waals surface area contributed by atoms with Crippen molar-refractivity contribution in [3.8, 4) is 11.5 Å². The highest BCUT2D eigenvalue weighted by Crippen LogP contribution is 2.17. The van der Waals surface area contributed by atoms with E-state index >= 15 is 0 Å². The van der Waals surface area contributed by atoms with Crippen LogP contribution in [0.15, 0.2) is 59.1 Å². The predicted octanol–water partition coefficient (Wildman–Crippen LogP) is 3.02. The molecule has 110 valence electrons. The zero-order valence-electron chi connectivity index (χ0n) is 11.4. The minimum atomic E-state index is -0.170. The van der Waals surface area contributed by atoms with Crippen molar-refractivity contribution in [3.05, 3.63) is 59.1 Å². The molecule has 0 aromatic heterocycles. The molecule has 0 spiro atoms. The van der Waals surface area contributed by atoms with E-state index in [1.807, 2.05) is 54.6 Å². The second kappa shape index (κ2) is 8.32. The summed E-state index contributed by atoms with van der Waals surface area (Å²) in [6.45, 7) is 0.845. The van der Waals surface area contributed by atoms with Gasteiger partial charge < -0.3 is 14.8 Å². The lowest BCUT2D eigenvalue weighted by molar-refractivity contribution is -0.123. The average Bonchev–Trinajstić information content (AvgIpc) is 2.51. The van der Waals surface area contributed by atoms with E-state index in [-0.39, 0.29) is 12.5 Å². The maximum Gasteiger partial charge on any atom is 0.258 e. The number of carbonyl (C=O) groups excluding carboxylic acids is 1. The van der Waals surface area contributed by atoms with Crippen LogP contribution < -0.4 is 14.8 Å². The Morgan fingerprint density at radius 1 is 1.00 bits per heavy atom. The molecule has 2 aromatic carbocycles. The Morgan fingerprint density at radius 2 is 1.76 bits per heavy atom. The van der Waals surface area contributed by atoms with Crippen LogP contribution >= 0.6 is 15.9 Å².